The fraction of sp³-hybridized carbons (Fsp3) is 0.200. The molecule has 1 aliphatic rings. The summed E-state index contributed by atoms with van der Waals surface area (Å²) in [6.45, 7) is 3.07. The van der Waals surface area contributed by atoms with Gasteiger partial charge in [-0.1, -0.05) is 0 Å². The molecule has 3 aromatic rings. The van der Waals surface area contributed by atoms with Crippen molar-refractivity contribution in [3.63, 3.8) is 0 Å². The van der Waals surface area contributed by atoms with Crippen molar-refractivity contribution in [3.05, 3.63) is 76.9 Å². The Bertz CT molecular complexity index is 1010. The van der Waals surface area contributed by atoms with E-state index in [1.807, 2.05) is 24.3 Å². The molecule has 2 heterocycles. The molecule has 0 unspecified atom stereocenters. The molecular weight excluding hydrogens is 374 g/mol. The number of nitrogens with zero attached hydrogens (tertiary/aromatic N) is 4. The molecule has 0 saturated carbocycles. The zero-order chi connectivity index (χ0) is 20.2. The maximum absolute atomic E-state index is 12.6. The highest BCUT2D eigenvalue weighted by Gasteiger charge is 2.19. The van der Waals surface area contributed by atoms with Gasteiger partial charge >= 0.3 is 0 Å². The molecule has 29 heavy (non-hydrogen) atoms. The molecule has 148 valence electrons. The molecule has 0 bridgehead atoms. The lowest BCUT2D eigenvalue weighted by molar-refractivity contribution is -0.384. The smallest absolute Gasteiger partial charge is 0.294 e. The topological polar surface area (TPSA) is 103 Å². The third-order valence-corrected chi connectivity index (χ3v) is 4.72. The van der Waals surface area contributed by atoms with E-state index in [9.17, 15) is 14.9 Å². The van der Waals surface area contributed by atoms with Crippen LogP contribution in [0.5, 0.6) is 0 Å². The number of hydrogen-bond acceptors (Lipinski definition) is 6. The number of aromatic nitrogens is 2. The highest BCUT2D eigenvalue weighted by molar-refractivity contribution is 6.05. The summed E-state index contributed by atoms with van der Waals surface area (Å²) in [4.78, 5) is 29.7. The number of nitro groups is 1. The van der Waals surface area contributed by atoms with Gasteiger partial charge in [-0.05, 0) is 36.4 Å². The van der Waals surface area contributed by atoms with Gasteiger partial charge in [0.05, 0.1) is 24.5 Å². The maximum Gasteiger partial charge on any atom is 0.294 e. The van der Waals surface area contributed by atoms with Crippen molar-refractivity contribution in [2.45, 2.75) is 0 Å². The second-order valence-corrected chi connectivity index (χ2v) is 6.53. The Morgan fingerprint density at radius 3 is 2.55 bits per heavy atom. The van der Waals surface area contributed by atoms with Gasteiger partial charge in [-0.15, -0.1) is 0 Å². The summed E-state index contributed by atoms with van der Waals surface area (Å²) >= 11 is 0. The molecule has 1 aliphatic heterocycles. The minimum absolute atomic E-state index is 0.168. The minimum atomic E-state index is -0.511. The average molecular weight is 393 g/mol. The van der Waals surface area contributed by atoms with E-state index in [1.165, 1.54) is 29.2 Å². The zero-order valence-electron chi connectivity index (χ0n) is 15.5. The van der Waals surface area contributed by atoms with E-state index in [0.717, 1.165) is 18.8 Å². The Labute approximate surface area is 166 Å². The van der Waals surface area contributed by atoms with Gasteiger partial charge in [-0.2, -0.15) is 0 Å². The van der Waals surface area contributed by atoms with Crippen LogP contribution in [0.3, 0.4) is 0 Å². The van der Waals surface area contributed by atoms with Gasteiger partial charge in [0.2, 0.25) is 0 Å². The average Bonchev–Trinajstić information content (AvgIpc) is 3.29. The number of carbonyl (C=O) groups excluding carboxylic acids is 1. The molecule has 0 spiro atoms. The molecule has 4 rings (SSSR count). The number of benzene rings is 2. The van der Waals surface area contributed by atoms with E-state index < -0.39 is 10.8 Å². The van der Waals surface area contributed by atoms with Crippen LogP contribution in [0.1, 0.15) is 10.4 Å². The Hall–Kier alpha value is -3.72. The highest BCUT2D eigenvalue weighted by atomic mass is 16.6. The van der Waals surface area contributed by atoms with Gasteiger partial charge in [-0.3, -0.25) is 14.9 Å². The van der Waals surface area contributed by atoms with Crippen LogP contribution in [0.2, 0.25) is 0 Å². The molecule has 0 aliphatic carbocycles. The molecule has 1 saturated heterocycles. The van der Waals surface area contributed by atoms with Crippen LogP contribution in [0.15, 0.2) is 61.2 Å². The third kappa shape index (κ3) is 4.09. The fourth-order valence-electron chi connectivity index (χ4n) is 3.21. The van der Waals surface area contributed by atoms with Crippen molar-refractivity contribution < 1.29 is 14.5 Å². The highest BCUT2D eigenvalue weighted by Crippen LogP contribution is 2.25. The largest absolute Gasteiger partial charge is 0.378 e. The van der Waals surface area contributed by atoms with Crippen LogP contribution >= 0.6 is 0 Å². The Balaban J connectivity index is 1.51. The Morgan fingerprint density at radius 2 is 1.90 bits per heavy atom. The lowest BCUT2D eigenvalue weighted by Crippen LogP contribution is -2.36. The molecule has 0 atom stereocenters. The molecule has 1 amide bonds. The first-order chi connectivity index (χ1) is 14.1. The van der Waals surface area contributed by atoms with Gasteiger partial charge in [0, 0.05) is 48.5 Å². The predicted molar refractivity (Wildman–Crippen MR) is 108 cm³/mol. The summed E-state index contributed by atoms with van der Waals surface area (Å²) in [5.41, 5.74) is 2.06. The summed E-state index contributed by atoms with van der Waals surface area (Å²) in [7, 11) is 0. The van der Waals surface area contributed by atoms with Gasteiger partial charge in [0.1, 0.15) is 5.69 Å². The first kappa shape index (κ1) is 18.6. The first-order valence-corrected chi connectivity index (χ1v) is 9.13. The van der Waals surface area contributed by atoms with E-state index in [2.05, 4.69) is 15.2 Å². The number of carbonyl (C=O) groups is 1. The van der Waals surface area contributed by atoms with Crippen molar-refractivity contribution in [2.75, 3.05) is 36.5 Å². The number of nitrogens with one attached hydrogen (secondary N) is 1. The van der Waals surface area contributed by atoms with Gasteiger partial charge in [-0.25, -0.2) is 4.98 Å². The fourth-order valence-corrected chi connectivity index (χ4v) is 3.21. The Morgan fingerprint density at radius 1 is 1.14 bits per heavy atom. The van der Waals surface area contributed by atoms with E-state index >= 15 is 0 Å². The summed E-state index contributed by atoms with van der Waals surface area (Å²) in [6.07, 6.45) is 4.61. The molecule has 9 heteroatoms. The number of anilines is 2. The maximum atomic E-state index is 12.6. The number of ether oxygens (including phenoxy) is 1. The zero-order valence-corrected chi connectivity index (χ0v) is 15.5. The monoisotopic (exact) mass is 393 g/mol. The van der Waals surface area contributed by atoms with Gasteiger partial charge < -0.3 is 19.5 Å². The summed E-state index contributed by atoms with van der Waals surface area (Å²) in [5, 5.41) is 14.2. The van der Waals surface area contributed by atoms with Crippen LogP contribution in [0.25, 0.3) is 5.69 Å². The number of rotatable bonds is 5. The number of morpholine rings is 1. The quantitative estimate of drug-likeness (QED) is 0.528. The molecule has 9 nitrogen and oxygen atoms in total. The van der Waals surface area contributed by atoms with E-state index in [0.29, 0.717) is 24.6 Å². The third-order valence-electron chi connectivity index (χ3n) is 4.72. The lowest BCUT2D eigenvalue weighted by Gasteiger charge is -2.28. The Kier molecular flexibility index (Phi) is 5.21. The summed E-state index contributed by atoms with van der Waals surface area (Å²) in [6, 6.07) is 11.9. The summed E-state index contributed by atoms with van der Waals surface area (Å²) in [5.74, 6) is -0.413. The first-order valence-electron chi connectivity index (χ1n) is 9.13. The molecule has 0 radical (unpaired) electrons. The molecule has 1 N–H and O–H groups in total. The van der Waals surface area contributed by atoms with Crippen molar-refractivity contribution in [1.29, 1.82) is 0 Å². The van der Waals surface area contributed by atoms with Gasteiger partial charge in [0.25, 0.3) is 11.6 Å². The lowest BCUT2D eigenvalue weighted by atomic mass is 10.1. The summed E-state index contributed by atoms with van der Waals surface area (Å²) < 4.78 is 6.89. The minimum Gasteiger partial charge on any atom is -0.378 e. The second-order valence-electron chi connectivity index (χ2n) is 6.53. The van der Waals surface area contributed by atoms with Crippen LogP contribution in [-0.2, 0) is 4.74 Å². The van der Waals surface area contributed by atoms with E-state index in [4.69, 9.17) is 4.74 Å². The molecule has 2 aromatic carbocycles. The van der Waals surface area contributed by atoms with Crippen LogP contribution in [-0.4, -0.2) is 46.7 Å². The van der Waals surface area contributed by atoms with Crippen molar-refractivity contribution >= 4 is 23.0 Å². The number of amides is 1. The van der Waals surface area contributed by atoms with Crippen LogP contribution in [0, 0.1) is 10.1 Å². The number of imidazole rings is 1. The van der Waals surface area contributed by atoms with E-state index in [-0.39, 0.29) is 11.3 Å². The predicted octanol–water partition coefficient (Wildman–Crippen LogP) is 2.87. The normalized spacial score (nSPS) is 13.9. The van der Waals surface area contributed by atoms with Crippen LogP contribution in [0.4, 0.5) is 17.1 Å². The second kappa shape index (κ2) is 8.11. The van der Waals surface area contributed by atoms with Crippen LogP contribution < -0.4 is 10.2 Å². The molecule has 1 fully saturated rings. The number of nitro benzene ring substituents is 1. The van der Waals surface area contributed by atoms with Crippen molar-refractivity contribution in [3.8, 4) is 5.69 Å². The van der Waals surface area contributed by atoms with Gasteiger partial charge in [0.15, 0.2) is 0 Å². The molecular formula is C20H19N5O4. The van der Waals surface area contributed by atoms with Crippen molar-refractivity contribution in [2.24, 2.45) is 0 Å². The standard InChI is InChI=1S/C20H19N5O4/c26-20(22-16-2-4-17(5-3-16)23-9-11-29-12-10-23)15-1-6-18(19(13-15)25(27)28)24-8-7-21-14-24/h1-8,13-14H,9-12H2,(H,22,26). The SMILES string of the molecule is O=C(Nc1ccc(N2CCOCC2)cc1)c1ccc(-n2ccnc2)c([N+](=O)[O-])c1. The van der Waals surface area contributed by atoms with E-state index in [1.54, 1.807) is 12.3 Å². The van der Waals surface area contributed by atoms with Crippen molar-refractivity contribution in [1.82, 2.24) is 9.55 Å². The number of hydrogen-bond donors (Lipinski definition) is 1. The molecule has 1 aromatic heterocycles.